The molecule has 0 spiro atoms. The van der Waals surface area contributed by atoms with Crippen LogP contribution in [0, 0.1) is 0 Å². The summed E-state index contributed by atoms with van der Waals surface area (Å²) in [5.41, 5.74) is 0.509. The highest BCUT2D eigenvalue weighted by molar-refractivity contribution is 9.10. The molecule has 1 heterocycles. The van der Waals surface area contributed by atoms with E-state index < -0.39 is 17.6 Å². The van der Waals surface area contributed by atoms with Crippen LogP contribution >= 0.6 is 15.9 Å². The molecular formula is C20H17BrF3N3O. The van der Waals surface area contributed by atoms with Crippen LogP contribution in [0.25, 0.3) is 0 Å². The van der Waals surface area contributed by atoms with Gasteiger partial charge >= 0.3 is 6.18 Å². The van der Waals surface area contributed by atoms with Crippen LogP contribution in [0.15, 0.2) is 65.3 Å². The highest BCUT2D eigenvalue weighted by Gasteiger charge is 2.36. The Morgan fingerprint density at radius 3 is 2.32 bits per heavy atom. The standard InChI is InChI=1S/C20H17BrF3N3O/c1-2-27(16-10-8-15(21)9-11-16)19-25-12-17(20(22,23)24)18(26-19)28-13-14-6-4-3-5-7-14/h3-12H,2,13H2,1H3. The molecule has 2 aromatic carbocycles. The van der Waals surface area contributed by atoms with Crippen molar-refractivity contribution in [3.63, 3.8) is 0 Å². The molecule has 3 aromatic rings. The third kappa shape index (κ3) is 4.81. The van der Waals surface area contributed by atoms with Crippen LogP contribution in [0.3, 0.4) is 0 Å². The SMILES string of the molecule is CCN(c1ccc(Br)cc1)c1ncc(C(F)(F)F)c(OCc2ccccc2)n1. The summed E-state index contributed by atoms with van der Waals surface area (Å²) in [5.74, 6) is -0.349. The summed E-state index contributed by atoms with van der Waals surface area (Å²) in [6.07, 6.45) is -3.84. The van der Waals surface area contributed by atoms with Crippen molar-refractivity contribution >= 4 is 27.6 Å². The van der Waals surface area contributed by atoms with Gasteiger partial charge in [0.05, 0.1) is 0 Å². The number of alkyl halides is 3. The zero-order chi connectivity index (χ0) is 20.1. The molecule has 0 saturated carbocycles. The average Bonchev–Trinajstić information content (AvgIpc) is 2.68. The number of anilines is 2. The van der Waals surface area contributed by atoms with Crippen LogP contribution in [-0.4, -0.2) is 16.5 Å². The Hall–Kier alpha value is -2.61. The van der Waals surface area contributed by atoms with Gasteiger partial charge in [-0.1, -0.05) is 46.3 Å². The molecule has 28 heavy (non-hydrogen) atoms. The van der Waals surface area contributed by atoms with Gasteiger partial charge in [-0.3, -0.25) is 0 Å². The van der Waals surface area contributed by atoms with Gasteiger partial charge in [0.2, 0.25) is 11.8 Å². The minimum Gasteiger partial charge on any atom is -0.472 e. The fourth-order valence-electron chi connectivity index (χ4n) is 2.58. The van der Waals surface area contributed by atoms with Crippen molar-refractivity contribution in [2.24, 2.45) is 0 Å². The number of hydrogen-bond acceptors (Lipinski definition) is 4. The molecule has 0 unspecified atom stereocenters. The number of nitrogens with zero attached hydrogens (tertiary/aromatic N) is 3. The summed E-state index contributed by atoms with van der Waals surface area (Å²) in [6.45, 7) is 2.32. The molecule has 0 amide bonds. The van der Waals surface area contributed by atoms with Gasteiger partial charge in [0.15, 0.2) is 0 Å². The first-order valence-corrected chi connectivity index (χ1v) is 9.32. The fourth-order valence-corrected chi connectivity index (χ4v) is 2.84. The molecule has 0 bridgehead atoms. The Morgan fingerprint density at radius 2 is 1.71 bits per heavy atom. The topological polar surface area (TPSA) is 38.2 Å². The quantitative estimate of drug-likeness (QED) is 0.460. The Kier molecular flexibility index (Phi) is 6.18. The average molecular weight is 452 g/mol. The molecule has 0 N–H and O–H groups in total. The second kappa shape index (κ2) is 8.60. The van der Waals surface area contributed by atoms with Gasteiger partial charge in [-0.25, -0.2) is 4.98 Å². The predicted molar refractivity (Wildman–Crippen MR) is 105 cm³/mol. The normalized spacial score (nSPS) is 11.3. The molecule has 0 fully saturated rings. The first-order chi connectivity index (χ1) is 13.4. The molecule has 3 rings (SSSR count). The molecular weight excluding hydrogens is 435 g/mol. The van der Waals surface area contributed by atoms with Gasteiger partial charge in [0.25, 0.3) is 0 Å². The molecule has 0 saturated heterocycles. The third-order valence-electron chi connectivity index (χ3n) is 3.96. The monoisotopic (exact) mass is 451 g/mol. The molecule has 146 valence electrons. The van der Waals surface area contributed by atoms with Crippen LogP contribution in [0.1, 0.15) is 18.1 Å². The van der Waals surface area contributed by atoms with E-state index in [-0.39, 0.29) is 12.6 Å². The molecule has 0 atom stereocenters. The number of rotatable bonds is 6. The smallest absolute Gasteiger partial charge is 0.423 e. The minimum atomic E-state index is -4.61. The molecule has 8 heteroatoms. The number of halogens is 4. The van der Waals surface area contributed by atoms with Crippen molar-refractivity contribution in [3.05, 3.63) is 76.4 Å². The first-order valence-electron chi connectivity index (χ1n) is 8.52. The maximum Gasteiger partial charge on any atom is 0.423 e. The largest absolute Gasteiger partial charge is 0.472 e. The lowest BCUT2D eigenvalue weighted by molar-refractivity contribution is -0.139. The summed E-state index contributed by atoms with van der Waals surface area (Å²) in [6, 6.07) is 16.3. The van der Waals surface area contributed by atoms with E-state index in [1.807, 2.05) is 37.3 Å². The molecule has 4 nitrogen and oxygen atoms in total. The van der Waals surface area contributed by atoms with Crippen molar-refractivity contribution in [2.45, 2.75) is 19.7 Å². The van der Waals surface area contributed by atoms with E-state index >= 15 is 0 Å². The van der Waals surface area contributed by atoms with E-state index in [1.54, 1.807) is 29.2 Å². The van der Waals surface area contributed by atoms with Crippen molar-refractivity contribution in [1.29, 1.82) is 0 Å². The Labute approximate surface area is 169 Å². The summed E-state index contributed by atoms with van der Waals surface area (Å²) < 4.78 is 46.5. The minimum absolute atomic E-state index is 0.0230. The van der Waals surface area contributed by atoms with Crippen molar-refractivity contribution in [1.82, 2.24) is 9.97 Å². The third-order valence-corrected chi connectivity index (χ3v) is 4.49. The molecule has 1 aromatic heterocycles. The fraction of sp³-hybridized carbons (Fsp3) is 0.200. The second-order valence-electron chi connectivity index (χ2n) is 5.88. The van der Waals surface area contributed by atoms with Crippen molar-refractivity contribution in [2.75, 3.05) is 11.4 Å². The van der Waals surface area contributed by atoms with E-state index in [0.717, 1.165) is 21.9 Å². The van der Waals surface area contributed by atoms with Gasteiger partial charge in [-0.2, -0.15) is 18.2 Å². The maximum absolute atomic E-state index is 13.4. The van der Waals surface area contributed by atoms with Crippen LogP contribution in [0.4, 0.5) is 24.8 Å². The van der Waals surface area contributed by atoms with Gasteiger partial charge in [0.1, 0.15) is 12.2 Å². The number of aromatic nitrogens is 2. The second-order valence-corrected chi connectivity index (χ2v) is 6.80. The molecule has 0 aliphatic heterocycles. The number of ether oxygens (including phenoxy) is 1. The van der Waals surface area contributed by atoms with E-state index in [0.29, 0.717) is 6.54 Å². The summed E-state index contributed by atoms with van der Waals surface area (Å²) in [7, 11) is 0. The summed E-state index contributed by atoms with van der Waals surface area (Å²) in [4.78, 5) is 9.73. The van der Waals surface area contributed by atoms with Crippen molar-refractivity contribution in [3.8, 4) is 5.88 Å². The van der Waals surface area contributed by atoms with Crippen LogP contribution in [0.5, 0.6) is 5.88 Å². The van der Waals surface area contributed by atoms with Crippen LogP contribution in [-0.2, 0) is 12.8 Å². The van der Waals surface area contributed by atoms with Crippen LogP contribution in [0.2, 0.25) is 0 Å². The highest BCUT2D eigenvalue weighted by Crippen LogP contribution is 2.36. The molecule has 0 aliphatic rings. The highest BCUT2D eigenvalue weighted by atomic mass is 79.9. The van der Waals surface area contributed by atoms with Gasteiger partial charge in [-0.05, 0) is 36.8 Å². The number of benzene rings is 2. The molecule has 0 aliphatic carbocycles. The lowest BCUT2D eigenvalue weighted by Gasteiger charge is -2.22. The van der Waals surface area contributed by atoms with Crippen molar-refractivity contribution < 1.29 is 17.9 Å². The van der Waals surface area contributed by atoms with Gasteiger partial charge in [-0.15, -0.1) is 0 Å². The number of hydrogen-bond donors (Lipinski definition) is 0. The van der Waals surface area contributed by atoms with Gasteiger partial charge in [0, 0.05) is 22.9 Å². The predicted octanol–water partition coefficient (Wildman–Crippen LogP) is 5.99. The summed E-state index contributed by atoms with van der Waals surface area (Å²) >= 11 is 3.36. The van der Waals surface area contributed by atoms with Crippen LogP contribution < -0.4 is 9.64 Å². The summed E-state index contributed by atoms with van der Waals surface area (Å²) in [5, 5.41) is 0. The zero-order valence-corrected chi connectivity index (χ0v) is 16.5. The van der Waals surface area contributed by atoms with E-state index in [2.05, 4.69) is 25.9 Å². The van der Waals surface area contributed by atoms with Gasteiger partial charge < -0.3 is 9.64 Å². The van der Waals surface area contributed by atoms with E-state index in [1.165, 1.54) is 0 Å². The van der Waals surface area contributed by atoms with E-state index in [4.69, 9.17) is 4.74 Å². The molecule has 0 radical (unpaired) electrons. The lowest BCUT2D eigenvalue weighted by Crippen LogP contribution is -2.20. The Morgan fingerprint density at radius 1 is 1.04 bits per heavy atom. The Bertz CT molecular complexity index is 918. The zero-order valence-electron chi connectivity index (χ0n) is 14.9. The maximum atomic E-state index is 13.4. The Balaban J connectivity index is 1.95. The first kappa shape index (κ1) is 20.1. The lowest BCUT2D eigenvalue weighted by atomic mass is 10.2. The van der Waals surface area contributed by atoms with E-state index in [9.17, 15) is 13.2 Å².